The number of carbonyl (C=O) groups is 3. The Morgan fingerprint density at radius 3 is 2.29 bits per heavy atom. The third kappa shape index (κ3) is 6.68. The van der Waals surface area contributed by atoms with E-state index in [2.05, 4.69) is 10.1 Å². The first-order chi connectivity index (χ1) is 11.3. The second kappa shape index (κ2) is 9.54. The molecule has 0 saturated heterocycles. The van der Waals surface area contributed by atoms with Gasteiger partial charge in [0.2, 0.25) is 5.91 Å². The Kier molecular flexibility index (Phi) is 7.74. The maximum Gasteiger partial charge on any atom is 0.325 e. The lowest BCUT2D eigenvalue weighted by Gasteiger charge is -2.19. The fourth-order valence-electron chi connectivity index (χ4n) is 2.03. The van der Waals surface area contributed by atoms with Crippen LogP contribution in [0.5, 0.6) is 5.75 Å². The van der Waals surface area contributed by atoms with Crippen molar-refractivity contribution in [3.63, 3.8) is 0 Å². The lowest BCUT2D eigenvalue weighted by Crippen LogP contribution is -2.36. The highest BCUT2D eigenvalue weighted by molar-refractivity contribution is 5.87. The summed E-state index contributed by atoms with van der Waals surface area (Å²) in [5, 5.41) is 13.7. The van der Waals surface area contributed by atoms with Crippen LogP contribution < -0.4 is 15.2 Å². The van der Waals surface area contributed by atoms with E-state index < -0.39 is 23.8 Å². The van der Waals surface area contributed by atoms with Crippen LogP contribution in [0.1, 0.15) is 38.7 Å². The molecule has 0 aromatic heterocycles. The van der Waals surface area contributed by atoms with Gasteiger partial charge in [0.15, 0.2) is 0 Å². The minimum absolute atomic E-state index is 0.00134. The average molecular weight is 336 g/mol. The number of esters is 1. The van der Waals surface area contributed by atoms with Crippen molar-refractivity contribution in [1.29, 1.82) is 0 Å². The van der Waals surface area contributed by atoms with Gasteiger partial charge in [-0.2, -0.15) is 0 Å². The number of carboxylic acids is 1. The number of carbonyl (C=O) groups excluding carboxylic acids is 3. The number of nitrogens with one attached hydrogen (secondary N) is 1. The maximum absolute atomic E-state index is 11.8. The molecule has 7 nitrogen and oxygen atoms in total. The average Bonchev–Trinajstić information content (AvgIpc) is 2.51. The number of hydrogen-bond acceptors (Lipinski definition) is 6. The zero-order valence-electron chi connectivity index (χ0n) is 14.0. The Morgan fingerprint density at radius 1 is 1.17 bits per heavy atom. The minimum Gasteiger partial charge on any atom is -0.549 e. The van der Waals surface area contributed by atoms with Gasteiger partial charge in [0.25, 0.3) is 0 Å². The van der Waals surface area contributed by atoms with E-state index in [0.717, 1.165) is 0 Å². The van der Waals surface area contributed by atoms with Crippen LogP contribution in [0.25, 0.3) is 0 Å². The zero-order chi connectivity index (χ0) is 18.1. The normalized spacial score (nSPS) is 11.7. The summed E-state index contributed by atoms with van der Waals surface area (Å²) in [6.45, 7) is 5.32. The summed E-state index contributed by atoms with van der Waals surface area (Å²) in [4.78, 5) is 34.3. The third-order valence-corrected chi connectivity index (χ3v) is 3.06. The molecule has 0 radical (unpaired) electrons. The van der Waals surface area contributed by atoms with Crippen LogP contribution in [-0.2, 0) is 19.1 Å². The Balaban J connectivity index is 2.68. The van der Waals surface area contributed by atoms with Gasteiger partial charge >= 0.3 is 5.97 Å². The van der Waals surface area contributed by atoms with E-state index >= 15 is 0 Å². The highest BCUT2D eigenvalue weighted by atomic mass is 16.5. The van der Waals surface area contributed by atoms with Crippen LogP contribution in [0.15, 0.2) is 24.3 Å². The Labute approximate surface area is 141 Å². The molecule has 0 saturated carbocycles. The van der Waals surface area contributed by atoms with Gasteiger partial charge in [0, 0.05) is 18.3 Å². The van der Waals surface area contributed by atoms with Gasteiger partial charge in [-0.05, 0) is 38.5 Å². The first-order valence-electron chi connectivity index (χ1n) is 7.73. The maximum atomic E-state index is 11.8. The van der Waals surface area contributed by atoms with E-state index in [-0.39, 0.29) is 25.7 Å². The largest absolute Gasteiger partial charge is 0.549 e. The molecule has 0 spiro atoms. The molecular formula is C17H22NO6-. The topological polar surface area (TPSA) is 105 Å². The van der Waals surface area contributed by atoms with Crippen molar-refractivity contribution >= 4 is 17.8 Å². The van der Waals surface area contributed by atoms with Crippen molar-refractivity contribution in [3.05, 3.63) is 29.8 Å². The van der Waals surface area contributed by atoms with Gasteiger partial charge in [0.1, 0.15) is 12.3 Å². The highest BCUT2D eigenvalue weighted by Gasteiger charge is 2.18. The van der Waals surface area contributed by atoms with Gasteiger partial charge in [-0.15, -0.1) is 0 Å². The molecular weight excluding hydrogens is 314 g/mol. The van der Waals surface area contributed by atoms with Crippen molar-refractivity contribution < 1.29 is 29.0 Å². The van der Waals surface area contributed by atoms with E-state index in [0.29, 0.717) is 11.3 Å². The summed E-state index contributed by atoms with van der Waals surface area (Å²) in [5.41, 5.74) is 0.428. The SMILES string of the molecule is CCOC(=O)CNC(=O)C[C@H](C(=O)[O-])c1ccc(OC(C)C)cc1. The van der Waals surface area contributed by atoms with Crippen molar-refractivity contribution in [2.24, 2.45) is 0 Å². The molecule has 1 N–H and O–H groups in total. The molecule has 1 aromatic rings. The predicted molar refractivity (Wildman–Crippen MR) is 84.2 cm³/mol. The predicted octanol–water partition coefficient (Wildman–Crippen LogP) is 0.377. The summed E-state index contributed by atoms with van der Waals surface area (Å²) in [7, 11) is 0. The summed E-state index contributed by atoms with van der Waals surface area (Å²) in [6.07, 6.45) is -0.326. The Bertz CT molecular complexity index is 567. The number of benzene rings is 1. The standard InChI is InChI=1S/C17H23NO6/c1-4-23-16(20)10-18-15(19)9-14(17(21)22)12-5-7-13(8-6-12)24-11(2)3/h5-8,11,14H,4,9-10H2,1-3H3,(H,18,19)(H,21,22)/p-1/t14-/m0/s1. The molecule has 1 amide bonds. The van der Waals surface area contributed by atoms with Crippen LogP contribution in [0.4, 0.5) is 0 Å². The van der Waals surface area contributed by atoms with Crippen molar-refractivity contribution in [1.82, 2.24) is 5.32 Å². The zero-order valence-corrected chi connectivity index (χ0v) is 14.0. The fourth-order valence-corrected chi connectivity index (χ4v) is 2.03. The van der Waals surface area contributed by atoms with Crippen LogP contribution in [-0.4, -0.2) is 37.1 Å². The van der Waals surface area contributed by atoms with Crippen LogP contribution in [0, 0.1) is 0 Å². The minimum atomic E-state index is -1.36. The lowest BCUT2D eigenvalue weighted by atomic mass is 9.95. The second-order valence-electron chi connectivity index (χ2n) is 5.39. The van der Waals surface area contributed by atoms with E-state index in [1.54, 1.807) is 31.2 Å². The molecule has 1 atom stereocenters. The number of rotatable bonds is 9. The first-order valence-corrected chi connectivity index (χ1v) is 7.73. The molecule has 0 aliphatic carbocycles. The summed E-state index contributed by atoms with van der Waals surface area (Å²) in [6, 6.07) is 6.44. The number of carboxylic acid groups (broad SMARTS) is 1. The van der Waals surface area contributed by atoms with E-state index in [4.69, 9.17) is 4.74 Å². The number of ether oxygens (including phenoxy) is 2. The van der Waals surface area contributed by atoms with Crippen LogP contribution in [0.3, 0.4) is 0 Å². The van der Waals surface area contributed by atoms with Gasteiger partial charge < -0.3 is 24.7 Å². The molecule has 0 unspecified atom stereocenters. The molecule has 0 fully saturated rings. The van der Waals surface area contributed by atoms with E-state index in [1.165, 1.54) is 0 Å². The Morgan fingerprint density at radius 2 is 1.79 bits per heavy atom. The van der Waals surface area contributed by atoms with Gasteiger partial charge in [0.05, 0.1) is 12.7 Å². The van der Waals surface area contributed by atoms with Gasteiger partial charge in [-0.3, -0.25) is 9.59 Å². The number of aliphatic carboxylic acids is 1. The molecule has 7 heteroatoms. The monoisotopic (exact) mass is 336 g/mol. The van der Waals surface area contributed by atoms with E-state index in [9.17, 15) is 19.5 Å². The van der Waals surface area contributed by atoms with Crippen LogP contribution >= 0.6 is 0 Å². The highest BCUT2D eigenvalue weighted by Crippen LogP contribution is 2.22. The smallest absolute Gasteiger partial charge is 0.325 e. The first kappa shape index (κ1) is 19.5. The Hall–Kier alpha value is -2.57. The molecule has 0 aliphatic heterocycles. The molecule has 0 aliphatic rings. The number of amides is 1. The van der Waals surface area contributed by atoms with Crippen LogP contribution in [0.2, 0.25) is 0 Å². The van der Waals surface area contributed by atoms with Gasteiger partial charge in [-0.1, -0.05) is 12.1 Å². The molecule has 0 bridgehead atoms. The second-order valence-corrected chi connectivity index (χ2v) is 5.39. The molecule has 24 heavy (non-hydrogen) atoms. The lowest BCUT2D eigenvalue weighted by molar-refractivity contribution is -0.308. The number of hydrogen-bond donors (Lipinski definition) is 1. The third-order valence-electron chi connectivity index (χ3n) is 3.06. The van der Waals surface area contributed by atoms with Crippen molar-refractivity contribution in [2.45, 2.75) is 39.2 Å². The van der Waals surface area contributed by atoms with Gasteiger partial charge in [-0.25, -0.2) is 0 Å². The quantitative estimate of drug-likeness (QED) is 0.654. The summed E-state index contributed by atoms with van der Waals surface area (Å²) < 4.78 is 10.2. The molecule has 1 aromatic carbocycles. The fraction of sp³-hybridized carbons (Fsp3) is 0.471. The molecule has 132 valence electrons. The van der Waals surface area contributed by atoms with Crippen molar-refractivity contribution in [2.75, 3.05) is 13.2 Å². The summed E-state index contributed by atoms with van der Waals surface area (Å²) in [5.74, 6) is -3.01. The summed E-state index contributed by atoms with van der Waals surface area (Å²) >= 11 is 0. The molecule has 1 rings (SSSR count). The van der Waals surface area contributed by atoms with Crippen molar-refractivity contribution in [3.8, 4) is 5.75 Å². The molecule has 0 heterocycles. The van der Waals surface area contributed by atoms with E-state index in [1.807, 2.05) is 13.8 Å².